The van der Waals surface area contributed by atoms with E-state index in [0.717, 1.165) is 16.8 Å². The fourth-order valence-corrected chi connectivity index (χ4v) is 2.52. The average molecular weight is 389 g/mol. The summed E-state index contributed by atoms with van der Waals surface area (Å²) in [5.41, 5.74) is 8.88. The smallest absolute Gasteiger partial charge is 0.253 e. The zero-order valence-corrected chi connectivity index (χ0v) is 16.0. The predicted octanol–water partition coefficient (Wildman–Crippen LogP) is 4.20. The van der Waals surface area contributed by atoms with Gasteiger partial charge in [0.15, 0.2) is 5.96 Å². The maximum absolute atomic E-state index is 14.4. The van der Waals surface area contributed by atoms with E-state index in [1.165, 1.54) is 0 Å². The Hall–Kier alpha value is -2.86. The average Bonchev–Trinajstić information content (AvgIpc) is 3.08. The monoisotopic (exact) mass is 388 g/mol. The molecule has 142 valence electrons. The number of rotatable bonds is 5. The van der Waals surface area contributed by atoms with Crippen LogP contribution in [0.4, 0.5) is 10.3 Å². The summed E-state index contributed by atoms with van der Waals surface area (Å²) in [4.78, 5) is 5.80. The molecule has 1 aromatic heterocycles. The third kappa shape index (κ3) is 5.31. The third-order valence-electron chi connectivity index (χ3n) is 4.02. The molecule has 1 heterocycles. The van der Waals surface area contributed by atoms with Crippen LogP contribution < -0.4 is 5.73 Å². The lowest BCUT2D eigenvalue weighted by Crippen LogP contribution is -2.29. The fourth-order valence-electron chi connectivity index (χ4n) is 2.52. The van der Waals surface area contributed by atoms with Crippen molar-refractivity contribution in [2.45, 2.75) is 12.8 Å². The molecule has 3 rings (SSSR count). The first-order valence-electron chi connectivity index (χ1n) is 8.34. The number of hydrogen-bond donors (Lipinski definition) is 1. The molecule has 0 spiro atoms. The normalized spacial score (nSPS) is 11.1. The summed E-state index contributed by atoms with van der Waals surface area (Å²) in [7, 11) is 3.59. The van der Waals surface area contributed by atoms with Gasteiger partial charge in [-0.3, -0.25) is 0 Å². The Balaban J connectivity index is 0.00000261. The third-order valence-corrected chi connectivity index (χ3v) is 4.02. The Kier molecular flexibility index (Phi) is 6.96. The Morgan fingerprint density at radius 3 is 2.52 bits per heavy atom. The Bertz CT molecular complexity index is 909. The molecule has 7 heteroatoms. The summed E-state index contributed by atoms with van der Waals surface area (Å²) in [5, 5.41) is 3.98. The molecule has 27 heavy (non-hydrogen) atoms. The van der Waals surface area contributed by atoms with Crippen molar-refractivity contribution in [1.82, 2.24) is 10.1 Å². The molecule has 0 saturated heterocycles. The molecule has 0 atom stereocenters. The largest absolute Gasteiger partial charge is 0.369 e. The number of aromatic nitrogens is 1. The Morgan fingerprint density at radius 2 is 1.85 bits per heavy atom. The summed E-state index contributed by atoms with van der Waals surface area (Å²) >= 11 is 0. The van der Waals surface area contributed by atoms with Crippen LogP contribution in [0.2, 0.25) is 0 Å². The zero-order chi connectivity index (χ0) is 18.5. The van der Waals surface area contributed by atoms with Crippen LogP contribution >= 0.6 is 12.4 Å². The van der Waals surface area contributed by atoms with Crippen molar-refractivity contribution < 1.29 is 8.91 Å². The minimum absolute atomic E-state index is 0. The van der Waals surface area contributed by atoms with Gasteiger partial charge < -0.3 is 15.2 Å². The predicted molar refractivity (Wildman–Crippen MR) is 108 cm³/mol. The van der Waals surface area contributed by atoms with E-state index in [2.05, 4.69) is 10.1 Å². The van der Waals surface area contributed by atoms with Crippen LogP contribution in [0.3, 0.4) is 0 Å². The fraction of sp³-hybridized carbons (Fsp3) is 0.200. The van der Waals surface area contributed by atoms with Crippen molar-refractivity contribution in [1.29, 1.82) is 0 Å². The van der Waals surface area contributed by atoms with Crippen molar-refractivity contribution in [3.8, 4) is 11.1 Å². The summed E-state index contributed by atoms with van der Waals surface area (Å²) in [6.07, 6.45) is 1.29. The van der Waals surface area contributed by atoms with Crippen molar-refractivity contribution in [3.05, 3.63) is 71.7 Å². The van der Waals surface area contributed by atoms with Crippen LogP contribution in [0.1, 0.15) is 11.3 Å². The molecule has 0 bridgehead atoms. The lowest BCUT2D eigenvalue weighted by atomic mass is 10.0. The molecule has 3 aromatic rings. The highest BCUT2D eigenvalue weighted by Gasteiger charge is 2.08. The van der Waals surface area contributed by atoms with Crippen LogP contribution in [0, 0.1) is 5.82 Å². The van der Waals surface area contributed by atoms with E-state index in [4.69, 9.17) is 10.3 Å². The van der Waals surface area contributed by atoms with Gasteiger partial charge >= 0.3 is 0 Å². The molecule has 0 fully saturated rings. The molecule has 5 nitrogen and oxygen atoms in total. The minimum atomic E-state index is -0.224. The minimum Gasteiger partial charge on any atom is -0.369 e. The first kappa shape index (κ1) is 20.5. The number of aliphatic imine (C=N–C) groups is 1. The topological polar surface area (TPSA) is 67.7 Å². The highest BCUT2D eigenvalue weighted by Crippen LogP contribution is 2.24. The van der Waals surface area contributed by atoms with Crippen LogP contribution in [-0.2, 0) is 12.8 Å². The van der Waals surface area contributed by atoms with Crippen LogP contribution in [0.15, 0.2) is 64.1 Å². The Morgan fingerprint density at radius 1 is 1.11 bits per heavy atom. The van der Waals surface area contributed by atoms with Crippen molar-refractivity contribution in [3.63, 3.8) is 0 Å². The number of hydrogen-bond acceptors (Lipinski definition) is 3. The number of nitrogens with two attached hydrogens (primary N) is 1. The lowest BCUT2D eigenvalue weighted by Gasteiger charge is -2.08. The number of aryl methyl sites for hydroxylation is 2. The molecule has 0 saturated carbocycles. The highest BCUT2D eigenvalue weighted by molar-refractivity contribution is 5.85. The number of nitrogens with zero attached hydrogens (tertiary/aromatic N) is 3. The summed E-state index contributed by atoms with van der Waals surface area (Å²) in [5.74, 6) is 0.473. The van der Waals surface area contributed by atoms with E-state index in [1.807, 2.05) is 42.5 Å². The molecule has 0 amide bonds. The number of halogens is 2. The van der Waals surface area contributed by atoms with E-state index in [0.29, 0.717) is 30.2 Å². The second kappa shape index (κ2) is 9.19. The molecule has 0 aliphatic rings. The number of benzene rings is 2. The Labute approximate surface area is 164 Å². The maximum Gasteiger partial charge on any atom is 0.253 e. The van der Waals surface area contributed by atoms with Gasteiger partial charge in [-0.05, 0) is 30.0 Å². The van der Waals surface area contributed by atoms with Crippen molar-refractivity contribution >= 4 is 24.3 Å². The first-order valence-corrected chi connectivity index (χ1v) is 8.34. The van der Waals surface area contributed by atoms with Gasteiger partial charge in [-0.1, -0.05) is 47.6 Å². The molecule has 2 N–H and O–H groups in total. The van der Waals surface area contributed by atoms with Crippen LogP contribution in [-0.4, -0.2) is 30.1 Å². The summed E-state index contributed by atoms with van der Waals surface area (Å²) < 4.78 is 19.6. The van der Waals surface area contributed by atoms with Gasteiger partial charge in [-0.25, -0.2) is 4.39 Å². The number of guanidine groups is 1. The van der Waals surface area contributed by atoms with E-state index in [9.17, 15) is 4.39 Å². The van der Waals surface area contributed by atoms with Crippen LogP contribution in [0.5, 0.6) is 0 Å². The van der Waals surface area contributed by atoms with Gasteiger partial charge in [-0.2, -0.15) is 4.99 Å². The molecule has 0 radical (unpaired) electrons. The first-order chi connectivity index (χ1) is 12.5. The van der Waals surface area contributed by atoms with Gasteiger partial charge in [0, 0.05) is 25.7 Å². The van der Waals surface area contributed by atoms with Crippen LogP contribution in [0.25, 0.3) is 11.1 Å². The summed E-state index contributed by atoms with van der Waals surface area (Å²) in [6, 6.07) is 16.6. The quantitative estimate of drug-likeness (QED) is 0.525. The molecular weight excluding hydrogens is 367 g/mol. The van der Waals surface area contributed by atoms with Gasteiger partial charge in [-0.15, -0.1) is 12.4 Å². The van der Waals surface area contributed by atoms with Crippen molar-refractivity contribution in [2.24, 2.45) is 10.7 Å². The summed E-state index contributed by atoms with van der Waals surface area (Å²) in [6.45, 7) is 0. The zero-order valence-electron chi connectivity index (χ0n) is 15.2. The maximum atomic E-state index is 14.4. The van der Waals surface area contributed by atoms with Gasteiger partial charge in [0.1, 0.15) is 5.82 Å². The van der Waals surface area contributed by atoms with E-state index >= 15 is 0 Å². The van der Waals surface area contributed by atoms with Gasteiger partial charge in [0.25, 0.3) is 5.88 Å². The van der Waals surface area contributed by atoms with Gasteiger partial charge in [0.2, 0.25) is 0 Å². The molecule has 2 aromatic carbocycles. The standard InChI is InChI=1S/C20H21FN4O.ClH/c1-25(2)20(22)23-19-13-16(24-26-19)10-8-14-9-11-17(18(21)12-14)15-6-4-3-5-7-15;/h3-7,9,11-13H,8,10H2,1-2H3,(H2,22,23);1H. The second-order valence-corrected chi connectivity index (χ2v) is 6.20. The van der Waals surface area contributed by atoms with E-state index in [1.54, 1.807) is 31.1 Å². The molecule has 0 aliphatic heterocycles. The second-order valence-electron chi connectivity index (χ2n) is 6.20. The van der Waals surface area contributed by atoms with E-state index in [-0.39, 0.29) is 18.2 Å². The molecular formula is C20H22ClFN4O. The van der Waals surface area contributed by atoms with E-state index < -0.39 is 0 Å². The molecule has 0 aliphatic carbocycles. The van der Waals surface area contributed by atoms with Gasteiger partial charge in [0.05, 0.1) is 5.69 Å². The molecule has 0 unspecified atom stereocenters. The SMILES string of the molecule is CN(C)C(N)=Nc1cc(CCc2ccc(-c3ccccc3)c(F)c2)no1.Cl. The van der Waals surface area contributed by atoms with Crippen molar-refractivity contribution in [2.75, 3.05) is 14.1 Å². The highest BCUT2D eigenvalue weighted by atomic mass is 35.5. The lowest BCUT2D eigenvalue weighted by molar-refractivity contribution is 0.420.